The molecule has 1 aromatic carbocycles. The Morgan fingerprint density at radius 2 is 2.17 bits per heavy atom. The molecular formula is C15H15F3N2O3. The molecule has 1 heterocycles. The number of hydrogen-bond acceptors (Lipinski definition) is 4. The van der Waals surface area contributed by atoms with Gasteiger partial charge in [-0.2, -0.15) is 13.2 Å². The van der Waals surface area contributed by atoms with Crippen molar-refractivity contribution in [3.8, 4) is 5.75 Å². The molecule has 0 saturated heterocycles. The second-order valence-corrected chi connectivity index (χ2v) is 4.71. The molecule has 0 aliphatic heterocycles. The van der Waals surface area contributed by atoms with Gasteiger partial charge in [0.15, 0.2) is 0 Å². The number of alkyl halides is 3. The molecule has 0 spiro atoms. The summed E-state index contributed by atoms with van der Waals surface area (Å²) in [5.41, 5.74) is -0.796. The molecule has 124 valence electrons. The normalized spacial score (nSPS) is 12.7. The zero-order valence-corrected chi connectivity index (χ0v) is 12.3. The number of aromatic amines is 1. The van der Waals surface area contributed by atoms with Gasteiger partial charge in [0.25, 0.3) is 0 Å². The molecule has 2 rings (SSSR count). The quantitative estimate of drug-likeness (QED) is 0.825. The van der Waals surface area contributed by atoms with Crippen LogP contribution in [0.1, 0.15) is 29.5 Å². The summed E-state index contributed by atoms with van der Waals surface area (Å²) in [6.07, 6.45) is -1.68. The number of benzene rings is 1. The highest BCUT2D eigenvalue weighted by Gasteiger charge is 2.30. The van der Waals surface area contributed by atoms with Crippen LogP contribution in [0.4, 0.5) is 13.2 Å². The van der Waals surface area contributed by atoms with Crippen molar-refractivity contribution >= 4 is 5.97 Å². The Morgan fingerprint density at radius 1 is 1.39 bits per heavy atom. The number of carbonyl (C=O) groups is 1. The summed E-state index contributed by atoms with van der Waals surface area (Å²) in [4.78, 5) is 18.1. The molecule has 1 aromatic heterocycles. The molecule has 0 aliphatic rings. The van der Waals surface area contributed by atoms with Gasteiger partial charge in [-0.15, -0.1) is 0 Å². The van der Waals surface area contributed by atoms with Crippen LogP contribution in [-0.2, 0) is 10.9 Å². The Labute approximate surface area is 130 Å². The molecule has 23 heavy (non-hydrogen) atoms. The topological polar surface area (TPSA) is 64.2 Å². The van der Waals surface area contributed by atoms with Crippen LogP contribution in [0, 0.1) is 0 Å². The van der Waals surface area contributed by atoms with Gasteiger partial charge in [-0.3, -0.25) is 0 Å². The van der Waals surface area contributed by atoms with E-state index in [9.17, 15) is 18.0 Å². The van der Waals surface area contributed by atoms with E-state index in [1.807, 2.05) is 0 Å². The van der Waals surface area contributed by atoms with E-state index in [4.69, 9.17) is 9.47 Å². The molecule has 1 atom stereocenters. The summed E-state index contributed by atoms with van der Waals surface area (Å²) in [6, 6.07) is 4.53. The highest BCUT2D eigenvalue weighted by molar-refractivity contribution is 5.85. The van der Waals surface area contributed by atoms with Crippen molar-refractivity contribution in [2.24, 2.45) is 0 Å². The summed E-state index contributed by atoms with van der Waals surface area (Å²) < 4.78 is 48.4. The van der Waals surface area contributed by atoms with Crippen molar-refractivity contribution in [3.05, 3.63) is 48.0 Å². The largest absolute Gasteiger partial charge is 0.490 e. The van der Waals surface area contributed by atoms with Crippen molar-refractivity contribution in [1.29, 1.82) is 0 Å². The first-order valence-electron chi connectivity index (χ1n) is 6.90. The van der Waals surface area contributed by atoms with Gasteiger partial charge in [0.05, 0.1) is 5.56 Å². The fourth-order valence-electron chi connectivity index (χ4n) is 1.77. The third kappa shape index (κ3) is 4.73. The lowest BCUT2D eigenvalue weighted by atomic mass is 10.2. The number of esters is 1. The number of H-pyrrole nitrogens is 1. The van der Waals surface area contributed by atoms with Crippen LogP contribution < -0.4 is 4.74 Å². The molecule has 5 nitrogen and oxygen atoms in total. The average molecular weight is 328 g/mol. The van der Waals surface area contributed by atoms with Gasteiger partial charge < -0.3 is 14.5 Å². The van der Waals surface area contributed by atoms with Crippen molar-refractivity contribution < 1.29 is 27.4 Å². The number of nitrogens with one attached hydrogen (secondary N) is 1. The summed E-state index contributed by atoms with van der Waals surface area (Å²) in [5, 5.41) is 0. The molecule has 0 bridgehead atoms. The molecule has 0 radical (unpaired) electrons. The second kappa shape index (κ2) is 7.17. The van der Waals surface area contributed by atoms with Gasteiger partial charge in [0.2, 0.25) is 5.82 Å². The third-order valence-electron chi connectivity index (χ3n) is 3.02. The second-order valence-electron chi connectivity index (χ2n) is 4.71. The van der Waals surface area contributed by atoms with E-state index in [-0.39, 0.29) is 18.2 Å². The molecule has 0 amide bonds. The lowest BCUT2D eigenvalue weighted by Crippen LogP contribution is -2.25. The van der Waals surface area contributed by atoms with Crippen LogP contribution in [0.15, 0.2) is 36.7 Å². The molecule has 0 aliphatic carbocycles. The smallest absolute Gasteiger partial charge is 0.416 e. The number of aromatic nitrogens is 2. The van der Waals surface area contributed by atoms with Crippen LogP contribution in [0.25, 0.3) is 0 Å². The predicted octanol–water partition coefficient (Wildman–Crippen LogP) is 3.44. The maximum Gasteiger partial charge on any atom is 0.416 e. The fraction of sp³-hybridized carbons (Fsp3) is 0.333. The van der Waals surface area contributed by atoms with Crippen LogP contribution >= 0.6 is 0 Å². The molecular weight excluding hydrogens is 313 g/mol. The Kier molecular flexibility index (Phi) is 5.25. The van der Waals surface area contributed by atoms with Crippen molar-refractivity contribution in [1.82, 2.24) is 9.97 Å². The van der Waals surface area contributed by atoms with Crippen molar-refractivity contribution in [2.45, 2.75) is 25.6 Å². The summed E-state index contributed by atoms with van der Waals surface area (Å²) in [5.74, 6) is -0.524. The lowest BCUT2D eigenvalue weighted by molar-refractivity contribution is -0.137. The first-order chi connectivity index (χ1) is 10.9. The number of rotatable bonds is 6. The number of ether oxygens (including phenoxy) is 2. The van der Waals surface area contributed by atoms with Gasteiger partial charge in [-0.1, -0.05) is 13.0 Å². The number of imidazole rings is 1. The van der Waals surface area contributed by atoms with Crippen LogP contribution in [0.5, 0.6) is 5.75 Å². The monoisotopic (exact) mass is 328 g/mol. The summed E-state index contributed by atoms with van der Waals surface area (Å²) >= 11 is 0. The van der Waals surface area contributed by atoms with Gasteiger partial charge in [-0.25, -0.2) is 9.78 Å². The molecule has 0 saturated carbocycles. The van der Waals surface area contributed by atoms with E-state index in [1.54, 1.807) is 6.92 Å². The number of carbonyl (C=O) groups excluding carboxylic acids is 1. The van der Waals surface area contributed by atoms with Crippen LogP contribution in [0.2, 0.25) is 0 Å². The Hall–Kier alpha value is -2.51. The zero-order chi connectivity index (χ0) is 16.9. The molecule has 1 N–H and O–H groups in total. The minimum absolute atomic E-state index is 0.0513. The molecule has 0 fully saturated rings. The number of hydrogen-bond donors (Lipinski definition) is 1. The summed E-state index contributed by atoms with van der Waals surface area (Å²) in [6.45, 7) is 1.72. The highest BCUT2D eigenvalue weighted by Crippen LogP contribution is 2.31. The lowest BCUT2D eigenvalue weighted by Gasteiger charge is -2.17. The maximum absolute atomic E-state index is 12.6. The zero-order valence-electron chi connectivity index (χ0n) is 12.3. The highest BCUT2D eigenvalue weighted by atomic mass is 19.4. The molecule has 8 heteroatoms. The van der Waals surface area contributed by atoms with E-state index >= 15 is 0 Å². The minimum Gasteiger partial charge on any atom is -0.490 e. The van der Waals surface area contributed by atoms with Gasteiger partial charge in [-0.05, 0) is 24.6 Å². The Morgan fingerprint density at radius 3 is 2.78 bits per heavy atom. The van der Waals surface area contributed by atoms with E-state index < -0.39 is 23.8 Å². The van der Waals surface area contributed by atoms with E-state index in [0.717, 1.165) is 12.1 Å². The SMILES string of the molecule is CCC(COc1cccc(C(F)(F)F)c1)OC(=O)c1ncc[nH]1. The van der Waals surface area contributed by atoms with Gasteiger partial charge in [0.1, 0.15) is 18.5 Å². The van der Waals surface area contributed by atoms with E-state index in [1.165, 1.54) is 24.5 Å². The predicted molar refractivity (Wildman–Crippen MR) is 75.0 cm³/mol. The number of nitrogens with zero attached hydrogens (tertiary/aromatic N) is 1. The van der Waals surface area contributed by atoms with E-state index in [0.29, 0.717) is 6.42 Å². The fourth-order valence-corrected chi connectivity index (χ4v) is 1.77. The van der Waals surface area contributed by atoms with Gasteiger partial charge in [0, 0.05) is 12.4 Å². The minimum atomic E-state index is -4.44. The molecule has 1 unspecified atom stereocenters. The third-order valence-corrected chi connectivity index (χ3v) is 3.02. The maximum atomic E-state index is 12.6. The van der Waals surface area contributed by atoms with Crippen LogP contribution in [0.3, 0.4) is 0 Å². The van der Waals surface area contributed by atoms with Crippen molar-refractivity contribution in [2.75, 3.05) is 6.61 Å². The molecule has 2 aromatic rings. The summed E-state index contributed by atoms with van der Waals surface area (Å²) in [7, 11) is 0. The first-order valence-corrected chi connectivity index (χ1v) is 6.90. The van der Waals surface area contributed by atoms with E-state index in [2.05, 4.69) is 9.97 Å². The van der Waals surface area contributed by atoms with Crippen LogP contribution in [-0.4, -0.2) is 28.6 Å². The Balaban J connectivity index is 1.94. The average Bonchev–Trinajstić information content (AvgIpc) is 3.05. The standard InChI is InChI=1S/C15H15F3N2O3/c1-2-11(23-14(21)13-19-6-7-20-13)9-22-12-5-3-4-10(8-12)15(16,17)18/h3-8,11H,2,9H2,1H3,(H,19,20). The first kappa shape index (κ1) is 16.9. The Bertz CT molecular complexity index is 642. The van der Waals surface area contributed by atoms with Gasteiger partial charge >= 0.3 is 12.1 Å². The van der Waals surface area contributed by atoms with Crippen molar-refractivity contribution in [3.63, 3.8) is 0 Å². The number of halogens is 3.